The maximum absolute atomic E-state index is 10.3. The van der Waals surface area contributed by atoms with Crippen LogP contribution in [-0.2, 0) is 9.53 Å². The van der Waals surface area contributed by atoms with Gasteiger partial charge in [0.15, 0.2) is 6.40 Å². The number of rotatable bonds is 1. The van der Waals surface area contributed by atoms with Gasteiger partial charge in [-0.25, -0.2) is 14.6 Å². The summed E-state index contributed by atoms with van der Waals surface area (Å²) in [6, 6.07) is 6.36. The number of para-hydroxylation sites is 1. The molecule has 1 aliphatic rings. The van der Waals surface area contributed by atoms with Gasteiger partial charge in [-0.15, -0.1) is 0 Å². The molecule has 6 nitrogen and oxygen atoms in total. The van der Waals surface area contributed by atoms with Crippen molar-refractivity contribution in [2.45, 2.75) is 0 Å². The molecule has 0 fully saturated rings. The van der Waals surface area contributed by atoms with E-state index in [1.807, 2.05) is 0 Å². The zero-order chi connectivity index (χ0) is 12.0. The molecule has 0 aromatic heterocycles. The summed E-state index contributed by atoms with van der Waals surface area (Å²) in [6.45, 7) is 0.194. The molecule has 1 aromatic carbocycles. The molecule has 6 heteroatoms. The summed E-state index contributed by atoms with van der Waals surface area (Å²) in [4.78, 5) is 23.7. The fraction of sp³-hybridized carbons (Fsp3) is 0.100. The topological polar surface area (TPSA) is 102 Å². The molecule has 0 amide bonds. The molecule has 3 N–H and O–H groups in total. The fourth-order valence-electron chi connectivity index (χ4n) is 0.937. The molecule has 0 saturated heterocycles. The maximum atomic E-state index is 10.3. The van der Waals surface area contributed by atoms with Crippen molar-refractivity contribution in [3.8, 4) is 0 Å². The molecular weight excluding hydrogens is 212 g/mol. The summed E-state index contributed by atoms with van der Waals surface area (Å²) >= 11 is 0. The van der Waals surface area contributed by atoms with E-state index in [0.29, 0.717) is 5.69 Å². The van der Waals surface area contributed by atoms with Gasteiger partial charge in [0.25, 0.3) is 0 Å². The number of aliphatic imine (C=N–C) groups is 1. The standard InChI is InChI=1S/C7H7NO2.C3H3NO2/c8-6-4-2-1-3-5(6)7(9)10;5-3-1-4-2-6-3/h1-4H,8H2,(H,9,10);2H,1H2. The molecule has 0 bridgehead atoms. The number of anilines is 1. The van der Waals surface area contributed by atoms with Gasteiger partial charge in [0, 0.05) is 5.69 Å². The minimum Gasteiger partial charge on any atom is -0.478 e. The summed E-state index contributed by atoms with van der Waals surface area (Å²) in [5.41, 5.74) is 5.80. The normalized spacial score (nSPS) is 12.6. The molecule has 0 spiro atoms. The molecule has 0 aliphatic carbocycles. The van der Waals surface area contributed by atoms with E-state index in [1.54, 1.807) is 18.2 Å². The van der Waals surface area contributed by atoms with Gasteiger partial charge in [0.2, 0.25) is 0 Å². The van der Waals surface area contributed by atoms with E-state index in [9.17, 15) is 9.59 Å². The number of carbonyl (C=O) groups excluding carboxylic acids is 1. The summed E-state index contributed by atoms with van der Waals surface area (Å²) in [5, 5.41) is 8.49. The van der Waals surface area contributed by atoms with Crippen LogP contribution < -0.4 is 5.73 Å². The van der Waals surface area contributed by atoms with Crippen LogP contribution in [0, 0.1) is 0 Å². The van der Waals surface area contributed by atoms with Crippen molar-refractivity contribution in [3.63, 3.8) is 0 Å². The Morgan fingerprint density at radius 3 is 2.44 bits per heavy atom. The Kier molecular flexibility index (Phi) is 4.02. The zero-order valence-electron chi connectivity index (χ0n) is 8.29. The van der Waals surface area contributed by atoms with E-state index in [4.69, 9.17) is 10.8 Å². The number of nitrogens with zero attached hydrogens (tertiary/aromatic N) is 1. The molecule has 16 heavy (non-hydrogen) atoms. The average molecular weight is 222 g/mol. The summed E-state index contributed by atoms with van der Waals surface area (Å²) in [6.07, 6.45) is 1.16. The van der Waals surface area contributed by atoms with Gasteiger partial charge in [-0.05, 0) is 12.1 Å². The van der Waals surface area contributed by atoms with Gasteiger partial charge in [-0.1, -0.05) is 12.1 Å². The average Bonchev–Trinajstić information content (AvgIpc) is 2.70. The number of carboxylic acids is 1. The van der Waals surface area contributed by atoms with Crippen LogP contribution in [0.4, 0.5) is 5.69 Å². The number of hydrogen-bond acceptors (Lipinski definition) is 5. The van der Waals surface area contributed by atoms with E-state index in [1.165, 1.54) is 6.07 Å². The highest BCUT2D eigenvalue weighted by Gasteiger charge is 2.04. The molecular formula is C10H10N2O4. The van der Waals surface area contributed by atoms with Crippen LogP contribution in [0.3, 0.4) is 0 Å². The number of carboxylic acid groups (broad SMARTS) is 1. The highest BCUT2D eigenvalue weighted by atomic mass is 16.5. The third kappa shape index (κ3) is 3.41. The number of nitrogen functional groups attached to an aromatic ring is 1. The van der Waals surface area contributed by atoms with Gasteiger partial charge >= 0.3 is 11.9 Å². The predicted octanol–water partition coefficient (Wildman–Crippen LogP) is 0.538. The number of cyclic esters (lactones) is 1. The first-order valence-corrected chi connectivity index (χ1v) is 4.37. The molecule has 1 heterocycles. The van der Waals surface area contributed by atoms with Crippen molar-refractivity contribution in [1.82, 2.24) is 0 Å². The van der Waals surface area contributed by atoms with Crippen molar-refractivity contribution in [2.24, 2.45) is 4.99 Å². The highest BCUT2D eigenvalue weighted by Crippen LogP contribution is 2.08. The number of nitrogens with two attached hydrogens (primary N) is 1. The van der Waals surface area contributed by atoms with Crippen LogP contribution in [-0.4, -0.2) is 30.0 Å². The molecule has 84 valence electrons. The SMILES string of the molecule is Nc1ccccc1C(=O)O.O=C1CN=CO1. The van der Waals surface area contributed by atoms with Gasteiger partial charge in [-0.3, -0.25) is 0 Å². The molecule has 1 aromatic rings. The van der Waals surface area contributed by atoms with E-state index in [-0.39, 0.29) is 18.1 Å². The molecule has 1 aliphatic heterocycles. The quantitative estimate of drug-likeness (QED) is 0.533. The summed E-state index contributed by atoms with van der Waals surface area (Å²) in [5.74, 6) is -1.26. The lowest BCUT2D eigenvalue weighted by molar-refractivity contribution is -0.131. The minimum atomic E-state index is -0.988. The van der Waals surface area contributed by atoms with Gasteiger partial charge in [0.05, 0.1) is 5.56 Å². The first kappa shape index (κ1) is 11.7. The lowest BCUT2D eigenvalue weighted by Gasteiger charge is -1.96. The minimum absolute atomic E-state index is 0.155. The second-order valence-corrected chi connectivity index (χ2v) is 2.83. The Morgan fingerprint density at radius 2 is 2.12 bits per heavy atom. The van der Waals surface area contributed by atoms with Crippen LogP contribution in [0.15, 0.2) is 29.3 Å². The van der Waals surface area contributed by atoms with Gasteiger partial charge in [0.1, 0.15) is 6.54 Å². The van der Waals surface area contributed by atoms with Crippen molar-refractivity contribution in [2.75, 3.05) is 12.3 Å². The molecule has 0 unspecified atom stereocenters. The van der Waals surface area contributed by atoms with Gasteiger partial charge < -0.3 is 15.6 Å². The number of esters is 1. The summed E-state index contributed by atoms with van der Waals surface area (Å²) < 4.78 is 4.22. The van der Waals surface area contributed by atoms with Crippen LogP contribution in [0.1, 0.15) is 10.4 Å². The Labute approximate surface area is 91.4 Å². The van der Waals surface area contributed by atoms with Crippen molar-refractivity contribution in [3.05, 3.63) is 29.8 Å². The fourth-order valence-corrected chi connectivity index (χ4v) is 0.937. The number of benzene rings is 1. The van der Waals surface area contributed by atoms with Crippen molar-refractivity contribution >= 4 is 24.0 Å². The second kappa shape index (κ2) is 5.50. The lowest BCUT2D eigenvalue weighted by atomic mass is 10.2. The number of hydrogen-bond donors (Lipinski definition) is 2. The number of aromatic carboxylic acids is 1. The summed E-state index contributed by atoms with van der Waals surface area (Å²) in [7, 11) is 0. The number of carbonyl (C=O) groups is 2. The van der Waals surface area contributed by atoms with E-state index in [0.717, 1.165) is 6.40 Å². The molecule has 2 rings (SSSR count). The monoisotopic (exact) mass is 222 g/mol. The van der Waals surface area contributed by atoms with Crippen LogP contribution in [0.2, 0.25) is 0 Å². The Morgan fingerprint density at radius 1 is 1.44 bits per heavy atom. The first-order chi connectivity index (χ1) is 7.61. The zero-order valence-corrected chi connectivity index (χ0v) is 8.29. The van der Waals surface area contributed by atoms with Crippen LogP contribution >= 0.6 is 0 Å². The lowest BCUT2D eigenvalue weighted by Crippen LogP contribution is -2.00. The Bertz CT molecular complexity index is 419. The smallest absolute Gasteiger partial charge is 0.337 e. The highest BCUT2D eigenvalue weighted by molar-refractivity contribution is 5.93. The maximum Gasteiger partial charge on any atom is 0.337 e. The van der Waals surface area contributed by atoms with Crippen LogP contribution in [0.5, 0.6) is 0 Å². The Balaban J connectivity index is 0.000000181. The molecule has 0 atom stereocenters. The predicted molar refractivity (Wildman–Crippen MR) is 57.3 cm³/mol. The molecule has 0 saturated carbocycles. The first-order valence-electron chi connectivity index (χ1n) is 4.37. The van der Waals surface area contributed by atoms with Crippen LogP contribution in [0.25, 0.3) is 0 Å². The number of ether oxygens (including phenoxy) is 1. The second-order valence-electron chi connectivity index (χ2n) is 2.83. The largest absolute Gasteiger partial charge is 0.478 e. The third-order valence-corrected chi connectivity index (χ3v) is 1.67. The van der Waals surface area contributed by atoms with E-state index < -0.39 is 5.97 Å². The van der Waals surface area contributed by atoms with E-state index >= 15 is 0 Å². The van der Waals surface area contributed by atoms with Crippen molar-refractivity contribution in [1.29, 1.82) is 0 Å². The molecule has 0 radical (unpaired) electrons. The van der Waals surface area contributed by atoms with E-state index in [2.05, 4.69) is 9.73 Å². The third-order valence-electron chi connectivity index (χ3n) is 1.67. The van der Waals surface area contributed by atoms with Crippen molar-refractivity contribution < 1.29 is 19.4 Å². The Hall–Kier alpha value is -2.37. The van der Waals surface area contributed by atoms with Gasteiger partial charge in [-0.2, -0.15) is 0 Å².